The van der Waals surface area contributed by atoms with Gasteiger partial charge >= 0.3 is 0 Å². The van der Waals surface area contributed by atoms with E-state index in [2.05, 4.69) is 35.8 Å². The van der Waals surface area contributed by atoms with Gasteiger partial charge in [0, 0.05) is 23.1 Å². The summed E-state index contributed by atoms with van der Waals surface area (Å²) in [6, 6.07) is 7.78. The lowest BCUT2D eigenvalue weighted by molar-refractivity contribution is 0.122. The van der Waals surface area contributed by atoms with Crippen molar-refractivity contribution in [2.24, 2.45) is 0 Å². The van der Waals surface area contributed by atoms with Gasteiger partial charge in [-0.15, -0.1) is 0 Å². The molecule has 0 unspecified atom stereocenters. The van der Waals surface area contributed by atoms with Crippen LogP contribution in [0.2, 0.25) is 5.28 Å². The summed E-state index contributed by atoms with van der Waals surface area (Å²) in [5.41, 5.74) is 0.909. The lowest BCUT2D eigenvalue weighted by atomic mass is 10.2. The van der Waals surface area contributed by atoms with E-state index in [1.807, 2.05) is 24.3 Å². The fraction of sp³-hybridized carbons (Fsp3) is 0.308. The highest BCUT2D eigenvalue weighted by Crippen LogP contribution is 2.22. The number of benzene rings is 1. The van der Waals surface area contributed by atoms with Gasteiger partial charge in [0.2, 0.25) is 11.2 Å². The fourth-order valence-electron chi connectivity index (χ4n) is 1.97. The monoisotopic (exact) mass is 354 g/mol. The number of hydrogen-bond acceptors (Lipinski definition) is 5. The Morgan fingerprint density at radius 3 is 2.45 bits per heavy atom. The van der Waals surface area contributed by atoms with Crippen LogP contribution in [0.15, 0.2) is 28.7 Å². The molecule has 1 fully saturated rings. The molecule has 104 valence electrons. The van der Waals surface area contributed by atoms with Crippen LogP contribution in [-0.2, 0) is 4.74 Å². The number of rotatable bonds is 2. The van der Waals surface area contributed by atoms with Gasteiger partial charge in [-0.2, -0.15) is 15.0 Å². The number of halogens is 2. The first kappa shape index (κ1) is 13.7. The maximum Gasteiger partial charge on any atom is 0.230 e. The van der Waals surface area contributed by atoms with Crippen LogP contribution in [0.5, 0.6) is 0 Å². The molecule has 0 amide bonds. The fourth-order valence-corrected chi connectivity index (χ4v) is 2.39. The molecule has 0 atom stereocenters. The molecule has 0 spiro atoms. The van der Waals surface area contributed by atoms with Crippen LogP contribution >= 0.6 is 27.5 Å². The number of ether oxygens (including phenoxy) is 1. The Kier molecular flexibility index (Phi) is 4.14. The van der Waals surface area contributed by atoms with E-state index in [-0.39, 0.29) is 5.28 Å². The van der Waals surface area contributed by atoms with Gasteiger partial charge in [-0.25, -0.2) is 0 Å². The smallest absolute Gasteiger partial charge is 0.230 e. The average molecular weight is 356 g/mol. The maximum absolute atomic E-state index is 6.02. The topological polar surface area (TPSA) is 51.1 Å². The molecule has 1 aliphatic heterocycles. The molecule has 0 aliphatic carbocycles. The largest absolute Gasteiger partial charge is 0.378 e. The van der Waals surface area contributed by atoms with E-state index < -0.39 is 0 Å². The molecule has 2 heterocycles. The molecule has 1 aromatic heterocycles. The first-order valence-corrected chi connectivity index (χ1v) is 7.40. The quantitative estimate of drug-likeness (QED) is 0.829. The molecule has 3 rings (SSSR count). The van der Waals surface area contributed by atoms with Gasteiger partial charge in [0.1, 0.15) is 0 Å². The van der Waals surface area contributed by atoms with Crippen molar-refractivity contribution < 1.29 is 4.74 Å². The molecule has 1 aliphatic rings. The van der Waals surface area contributed by atoms with Gasteiger partial charge in [-0.1, -0.05) is 28.1 Å². The predicted molar refractivity (Wildman–Crippen MR) is 81.0 cm³/mol. The van der Waals surface area contributed by atoms with Gasteiger partial charge in [-0.3, -0.25) is 0 Å². The minimum absolute atomic E-state index is 0.208. The van der Waals surface area contributed by atoms with Crippen molar-refractivity contribution >= 4 is 33.5 Å². The second-order valence-corrected chi connectivity index (χ2v) is 5.59. The lowest BCUT2D eigenvalue weighted by Crippen LogP contribution is -2.37. The van der Waals surface area contributed by atoms with E-state index in [9.17, 15) is 0 Å². The summed E-state index contributed by atoms with van der Waals surface area (Å²) in [6.45, 7) is 2.88. The Hall–Kier alpha value is -1.24. The molecule has 1 aromatic carbocycles. The number of morpholine rings is 1. The number of nitrogens with zero attached hydrogens (tertiary/aromatic N) is 4. The number of hydrogen-bond donors (Lipinski definition) is 0. The van der Waals surface area contributed by atoms with Gasteiger partial charge in [-0.05, 0) is 23.7 Å². The van der Waals surface area contributed by atoms with Crippen LogP contribution in [0.1, 0.15) is 0 Å². The van der Waals surface area contributed by atoms with Gasteiger partial charge in [0.15, 0.2) is 5.82 Å². The van der Waals surface area contributed by atoms with Crippen molar-refractivity contribution in [2.45, 2.75) is 0 Å². The third-order valence-corrected chi connectivity index (χ3v) is 3.69. The van der Waals surface area contributed by atoms with Crippen molar-refractivity contribution in [3.05, 3.63) is 34.0 Å². The summed E-state index contributed by atoms with van der Waals surface area (Å²) >= 11 is 9.43. The maximum atomic E-state index is 6.02. The van der Waals surface area contributed by atoms with Crippen molar-refractivity contribution in [2.75, 3.05) is 31.2 Å². The van der Waals surface area contributed by atoms with Crippen molar-refractivity contribution in [3.8, 4) is 11.4 Å². The highest BCUT2D eigenvalue weighted by Gasteiger charge is 2.16. The van der Waals surface area contributed by atoms with Crippen LogP contribution < -0.4 is 4.90 Å². The van der Waals surface area contributed by atoms with Crippen LogP contribution in [0, 0.1) is 0 Å². The van der Waals surface area contributed by atoms with E-state index in [0.29, 0.717) is 25.0 Å². The van der Waals surface area contributed by atoms with Crippen molar-refractivity contribution in [1.82, 2.24) is 15.0 Å². The van der Waals surface area contributed by atoms with Crippen LogP contribution in [-0.4, -0.2) is 41.3 Å². The summed E-state index contributed by atoms with van der Waals surface area (Å²) in [5.74, 6) is 1.19. The van der Waals surface area contributed by atoms with E-state index in [4.69, 9.17) is 16.3 Å². The Balaban J connectivity index is 1.95. The Labute approximate surface area is 130 Å². The minimum Gasteiger partial charge on any atom is -0.378 e. The molecule has 20 heavy (non-hydrogen) atoms. The second kappa shape index (κ2) is 6.03. The standard InChI is InChI=1S/C13H12BrClN4O/c14-10-3-1-9(2-4-10)11-16-12(15)18-13(17-11)19-5-7-20-8-6-19/h1-4H,5-8H2. The lowest BCUT2D eigenvalue weighted by Gasteiger charge is -2.26. The molecule has 0 bridgehead atoms. The first-order chi connectivity index (χ1) is 9.72. The zero-order valence-corrected chi connectivity index (χ0v) is 12.9. The van der Waals surface area contributed by atoms with E-state index in [0.717, 1.165) is 23.1 Å². The highest BCUT2D eigenvalue weighted by molar-refractivity contribution is 9.10. The minimum atomic E-state index is 0.208. The molecule has 5 nitrogen and oxygen atoms in total. The van der Waals surface area contributed by atoms with E-state index >= 15 is 0 Å². The molecular formula is C13H12BrClN4O. The first-order valence-electron chi connectivity index (χ1n) is 6.22. The Morgan fingerprint density at radius 2 is 1.75 bits per heavy atom. The summed E-state index contributed by atoms with van der Waals surface area (Å²) in [5, 5.41) is 0.208. The normalized spacial score (nSPS) is 15.4. The molecule has 0 N–H and O–H groups in total. The SMILES string of the molecule is Clc1nc(-c2ccc(Br)cc2)nc(N2CCOCC2)n1. The molecular weight excluding hydrogens is 344 g/mol. The number of aromatic nitrogens is 3. The van der Waals surface area contributed by atoms with E-state index in [1.165, 1.54) is 0 Å². The van der Waals surface area contributed by atoms with Gasteiger partial charge < -0.3 is 9.64 Å². The average Bonchev–Trinajstić information content (AvgIpc) is 2.48. The third-order valence-electron chi connectivity index (χ3n) is 2.99. The van der Waals surface area contributed by atoms with Crippen LogP contribution in [0.3, 0.4) is 0 Å². The Bertz CT molecular complexity index is 602. The Morgan fingerprint density at radius 1 is 1.05 bits per heavy atom. The van der Waals surface area contributed by atoms with E-state index in [1.54, 1.807) is 0 Å². The predicted octanol–water partition coefficient (Wildman–Crippen LogP) is 2.79. The summed E-state index contributed by atoms with van der Waals surface area (Å²) in [4.78, 5) is 15.0. The number of anilines is 1. The van der Waals surface area contributed by atoms with Gasteiger partial charge in [0.05, 0.1) is 13.2 Å². The highest BCUT2D eigenvalue weighted by atomic mass is 79.9. The van der Waals surface area contributed by atoms with Crippen molar-refractivity contribution in [3.63, 3.8) is 0 Å². The van der Waals surface area contributed by atoms with Gasteiger partial charge in [0.25, 0.3) is 0 Å². The van der Waals surface area contributed by atoms with Crippen molar-refractivity contribution in [1.29, 1.82) is 0 Å². The molecule has 7 heteroatoms. The zero-order chi connectivity index (χ0) is 13.9. The molecule has 1 saturated heterocycles. The molecule has 0 saturated carbocycles. The van der Waals surface area contributed by atoms with Crippen LogP contribution in [0.4, 0.5) is 5.95 Å². The zero-order valence-electron chi connectivity index (χ0n) is 10.6. The van der Waals surface area contributed by atoms with Crippen LogP contribution in [0.25, 0.3) is 11.4 Å². The summed E-state index contributed by atoms with van der Waals surface area (Å²) < 4.78 is 6.34. The third kappa shape index (κ3) is 3.08. The molecule has 2 aromatic rings. The summed E-state index contributed by atoms with van der Waals surface area (Å²) in [7, 11) is 0. The second-order valence-electron chi connectivity index (χ2n) is 4.33. The molecule has 0 radical (unpaired) electrons. The summed E-state index contributed by atoms with van der Waals surface area (Å²) in [6.07, 6.45) is 0.